The van der Waals surface area contributed by atoms with E-state index in [1.807, 2.05) is 18.2 Å². The summed E-state index contributed by atoms with van der Waals surface area (Å²) in [5.41, 5.74) is 1.14. The SMILES string of the molecule is CC1CCC(NC(=S)NCc2ccc3c(c2)OCO3)C1. The Morgan fingerprint density at radius 1 is 1.30 bits per heavy atom. The van der Waals surface area contributed by atoms with Gasteiger partial charge in [-0.3, -0.25) is 0 Å². The number of fused-ring (bicyclic) bond motifs is 1. The van der Waals surface area contributed by atoms with Gasteiger partial charge in [-0.15, -0.1) is 0 Å². The molecule has 0 aromatic heterocycles. The fourth-order valence-corrected chi connectivity index (χ4v) is 3.05. The van der Waals surface area contributed by atoms with Gasteiger partial charge in [0, 0.05) is 12.6 Å². The molecule has 1 saturated carbocycles. The number of benzene rings is 1. The molecule has 1 heterocycles. The molecular weight excluding hydrogens is 272 g/mol. The Labute approximate surface area is 124 Å². The molecular formula is C15H20N2O2S. The Morgan fingerprint density at radius 3 is 2.95 bits per heavy atom. The predicted molar refractivity (Wildman–Crippen MR) is 81.9 cm³/mol. The Balaban J connectivity index is 1.48. The molecule has 2 atom stereocenters. The molecule has 3 rings (SSSR count). The van der Waals surface area contributed by atoms with Crippen molar-refractivity contribution in [3.63, 3.8) is 0 Å². The van der Waals surface area contributed by atoms with Crippen LogP contribution >= 0.6 is 12.2 Å². The molecule has 0 radical (unpaired) electrons. The summed E-state index contributed by atoms with van der Waals surface area (Å²) in [5, 5.41) is 7.39. The first-order valence-electron chi connectivity index (χ1n) is 7.13. The Bertz CT molecular complexity index is 507. The van der Waals surface area contributed by atoms with Gasteiger partial charge in [0.05, 0.1) is 0 Å². The van der Waals surface area contributed by atoms with E-state index in [0.29, 0.717) is 19.4 Å². The topological polar surface area (TPSA) is 42.5 Å². The molecule has 0 amide bonds. The molecule has 108 valence electrons. The van der Waals surface area contributed by atoms with Crippen LogP contribution in [0.5, 0.6) is 11.5 Å². The van der Waals surface area contributed by atoms with Gasteiger partial charge < -0.3 is 20.1 Å². The van der Waals surface area contributed by atoms with E-state index in [4.69, 9.17) is 21.7 Å². The van der Waals surface area contributed by atoms with Crippen molar-refractivity contribution in [3.8, 4) is 11.5 Å². The van der Waals surface area contributed by atoms with Crippen molar-refractivity contribution in [1.29, 1.82) is 0 Å². The smallest absolute Gasteiger partial charge is 0.231 e. The van der Waals surface area contributed by atoms with Gasteiger partial charge in [-0.05, 0) is 55.1 Å². The molecule has 5 heteroatoms. The van der Waals surface area contributed by atoms with Crippen LogP contribution in [0.2, 0.25) is 0 Å². The highest BCUT2D eigenvalue weighted by Gasteiger charge is 2.21. The first-order valence-corrected chi connectivity index (χ1v) is 7.54. The molecule has 4 nitrogen and oxygen atoms in total. The third kappa shape index (κ3) is 3.15. The maximum absolute atomic E-state index is 5.37. The standard InChI is InChI=1S/C15H20N2O2S/c1-10-2-4-12(6-10)17-15(20)16-8-11-3-5-13-14(7-11)19-9-18-13/h3,5,7,10,12H,2,4,6,8-9H2,1H3,(H2,16,17,20). The van der Waals surface area contributed by atoms with E-state index < -0.39 is 0 Å². The average molecular weight is 292 g/mol. The van der Waals surface area contributed by atoms with Crippen LogP contribution in [0.15, 0.2) is 18.2 Å². The summed E-state index contributed by atoms with van der Waals surface area (Å²) in [6.07, 6.45) is 3.72. The molecule has 20 heavy (non-hydrogen) atoms. The number of ether oxygens (including phenoxy) is 2. The monoisotopic (exact) mass is 292 g/mol. The lowest BCUT2D eigenvalue weighted by Gasteiger charge is -2.16. The second-order valence-electron chi connectivity index (χ2n) is 5.63. The van der Waals surface area contributed by atoms with Crippen LogP contribution in [0.1, 0.15) is 31.7 Å². The normalized spacial score (nSPS) is 23.6. The summed E-state index contributed by atoms with van der Waals surface area (Å²) in [6.45, 7) is 3.31. The maximum atomic E-state index is 5.37. The fourth-order valence-electron chi connectivity index (χ4n) is 2.81. The van der Waals surface area contributed by atoms with Gasteiger partial charge in [0.15, 0.2) is 16.6 Å². The van der Waals surface area contributed by atoms with Crippen LogP contribution < -0.4 is 20.1 Å². The van der Waals surface area contributed by atoms with E-state index in [1.165, 1.54) is 19.3 Å². The minimum Gasteiger partial charge on any atom is -0.454 e. The largest absolute Gasteiger partial charge is 0.454 e. The van der Waals surface area contributed by atoms with Crippen molar-refractivity contribution in [2.24, 2.45) is 5.92 Å². The minimum absolute atomic E-state index is 0.312. The first-order chi connectivity index (χ1) is 9.70. The van der Waals surface area contributed by atoms with Crippen molar-refractivity contribution in [2.45, 2.75) is 38.8 Å². The zero-order chi connectivity index (χ0) is 13.9. The van der Waals surface area contributed by atoms with Crippen LogP contribution in [0.3, 0.4) is 0 Å². The van der Waals surface area contributed by atoms with E-state index >= 15 is 0 Å². The first kappa shape index (κ1) is 13.5. The molecule has 1 fully saturated rings. The van der Waals surface area contributed by atoms with Gasteiger partial charge in [0.25, 0.3) is 0 Å². The molecule has 0 saturated heterocycles. The highest BCUT2D eigenvalue weighted by molar-refractivity contribution is 7.80. The third-order valence-electron chi connectivity index (χ3n) is 3.92. The summed E-state index contributed by atoms with van der Waals surface area (Å²) in [7, 11) is 0. The van der Waals surface area contributed by atoms with Gasteiger partial charge in [-0.2, -0.15) is 0 Å². The van der Waals surface area contributed by atoms with Crippen molar-refractivity contribution in [1.82, 2.24) is 10.6 Å². The lowest BCUT2D eigenvalue weighted by Crippen LogP contribution is -2.40. The quantitative estimate of drug-likeness (QED) is 0.838. The maximum Gasteiger partial charge on any atom is 0.231 e. The molecule has 1 aromatic rings. The number of nitrogens with one attached hydrogen (secondary N) is 2. The van der Waals surface area contributed by atoms with Crippen molar-refractivity contribution in [3.05, 3.63) is 23.8 Å². The zero-order valence-electron chi connectivity index (χ0n) is 11.6. The lowest BCUT2D eigenvalue weighted by molar-refractivity contribution is 0.174. The van der Waals surface area contributed by atoms with Crippen LogP contribution in [0.4, 0.5) is 0 Å². The molecule has 1 aromatic carbocycles. The van der Waals surface area contributed by atoms with Gasteiger partial charge >= 0.3 is 0 Å². The average Bonchev–Trinajstić information content (AvgIpc) is 3.04. The van der Waals surface area contributed by atoms with Crippen molar-refractivity contribution < 1.29 is 9.47 Å². The minimum atomic E-state index is 0.312. The summed E-state index contributed by atoms with van der Waals surface area (Å²) in [6, 6.07) is 6.49. The highest BCUT2D eigenvalue weighted by atomic mass is 32.1. The molecule has 2 N–H and O–H groups in total. The Hall–Kier alpha value is -1.49. The molecule has 1 aliphatic heterocycles. The number of hydrogen-bond donors (Lipinski definition) is 2. The van der Waals surface area contributed by atoms with E-state index in [1.54, 1.807) is 0 Å². The second kappa shape index (κ2) is 5.87. The molecule has 0 spiro atoms. The number of rotatable bonds is 3. The highest BCUT2D eigenvalue weighted by Crippen LogP contribution is 2.32. The summed E-state index contributed by atoms with van der Waals surface area (Å²) < 4.78 is 10.7. The Morgan fingerprint density at radius 2 is 2.15 bits per heavy atom. The Kier molecular flexibility index (Phi) is 3.96. The summed E-state index contributed by atoms with van der Waals surface area (Å²) in [4.78, 5) is 0. The third-order valence-corrected chi connectivity index (χ3v) is 4.18. The summed E-state index contributed by atoms with van der Waals surface area (Å²) in [5.74, 6) is 2.44. The van der Waals surface area contributed by atoms with Crippen LogP contribution in [0.25, 0.3) is 0 Å². The zero-order valence-corrected chi connectivity index (χ0v) is 12.5. The van der Waals surface area contributed by atoms with Crippen LogP contribution in [0, 0.1) is 5.92 Å². The predicted octanol–water partition coefficient (Wildman–Crippen LogP) is 2.57. The van der Waals surface area contributed by atoms with E-state index in [2.05, 4.69) is 17.6 Å². The van der Waals surface area contributed by atoms with Gasteiger partial charge in [-0.25, -0.2) is 0 Å². The van der Waals surface area contributed by atoms with Gasteiger partial charge in [0.1, 0.15) is 0 Å². The van der Waals surface area contributed by atoms with Crippen molar-refractivity contribution >= 4 is 17.3 Å². The second-order valence-corrected chi connectivity index (χ2v) is 6.04. The van der Waals surface area contributed by atoms with E-state index in [0.717, 1.165) is 28.1 Å². The van der Waals surface area contributed by atoms with E-state index in [9.17, 15) is 0 Å². The summed E-state index contributed by atoms with van der Waals surface area (Å²) >= 11 is 5.35. The van der Waals surface area contributed by atoms with Crippen molar-refractivity contribution in [2.75, 3.05) is 6.79 Å². The molecule has 0 bridgehead atoms. The number of thiocarbonyl (C=S) groups is 1. The molecule has 2 aliphatic rings. The van der Waals surface area contributed by atoms with E-state index in [-0.39, 0.29) is 0 Å². The number of hydrogen-bond acceptors (Lipinski definition) is 3. The van der Waals surface area contributed by atoms with Crippen LogP contribution in [-0.4, -0.2) is 17.9 Å². The lowest BCUT2D eigenvalue weighted by atomic mass is 10.1. The van der Waals surface area contributed by atoms with Gasteiger partial charge in [0.2, 0.25) is 6.79 Å². The fraction of sp³-hybridized carbons (Fsp3) is 0.533. The molecule has 1 aliphatic carbocycles. The molecule has 2 unspecified atom stereocenters. The van der Waals surface area contributed by atoms with Gasteiger partial charge in [-0.1, -0.05) is 13.0 Å². The van der Waals surface area contributed by atoms with Crippen LogP contribution in [-0.2, 0) is 6.54 Å².